The molecule has 3 heteroatoms. The molecule has 0 unspecified atom stereocenters. The number of fused-ring (bicyclic) bond motifs is 3. The lowest BCUT2D eigenvalue weighted by Crippen LogP contribution is -2.09. The fourth-order valence-electron chi connectivity index (χ4n) is 7.84. The molecule has 0 radical (unpaired) electrons. The van der Waals surface area contributed by atoms with Crippen molar-refractivity contribution in [2.24, 2.45) is 0 Å². The summed E-state index contributed by atoms with van der Waals surface area (Å²) in [5, 5.41) is 2.50. The van der Waals surface area contributed by atoms with Gasteiger partial charge in [-0.1, -0.05) is 146 Å². The lowest BCUT2D eigenvalue weighted by molar-refractivity contribution is 1.18. The quantitative estimate of drug-likeness (QED) is 0.156. The minimum atomic E-state index is 0.971. The van der Waals surface area contributed by atoms with Gasteiger partial charge < -0.3 is 9.47 Å². The van der Waals surface area contributed by atoms with E-state index in [-0.39, 0.29) is 0 Å². The molecule has 2 heterocycles. The number of aromatic nitrogens is 2. The monoisotopic (exact) mass is 715 g/mol. The lowest BCUT2D eigenvalue weighted by atomic mass is 10.0. The van der Waals surface area contributed by atoms with Gasteiger partial charge in [-0.3, -0.25) is 4.98 Å². The van der Waals surface area contributed by atoms with Crippen LogP contribution in [0.5, 0.6) is 0 Å². The Morgan fingerprint density at radius 1 is 0.321 bits per heavy atom. The van der Waals surface area contributed by atoms with Crippen LogP contribution < -0.4 is 4.90 Å². The molecule has 2 aromatic heterocycles. The molecule has 8 aromatic carbocycles. The van der Waals surface area contributed by atoms with Gasteiger partial charge in [-0.25, -0.2) is 0 Å². The van der Waals surface area contributed by atoms with Crippen molar-refractivity contribution in [3.8, 4) is 50.3 Å². The van der Waals surface area contributed by atoms with E-state index in [1.807, 2.05) is 24.4 Å². The van der Waals surface area contributed by atoms with E-state index < -0.39 is 0 Å². The highest BCUT2D eigenvalue weighted by Crippen LogP contribution is 2.39. The number of para-hydroxylation sites is 2. The number of rotatable bonds is 8. The molecular weight excluding hydrogens is 679 g/mol. The first-order valence-electron chi connectivity index (χ1n) is 19.0. The molecular formula is C53H37N3. The van der Waals surface area contributed by atoms with Gasteiger partial charge in [0.05, 0.1) is 16.7 Å². The molecule has 3 nitrogen and oxygen atoms in total. The normalized spacial score (nSPS) is 11.2. The van der Waals surface area contributed by atoms with Crippen molar-refractivity contribution in [1.29, 1.82) is 0 Å². The van der Waals surface area contributed by atoms with Gasteiger partial charge in [0.25, 0.3) is 0 Å². The second-order valence-electron chi connectivity index (χ2n) is 14.1. The van der Waals surface area contributed by atoms with Crippen LogP contribution in [0, 0.1) is 0 Å². The fraction of sp³-hybridized carbons (Fsp3) is 0. The van der Waals surface area contributed by atoms with E-state index >= 15 is 0 Å². The van der Waals surface area contributed by atoms with Crippen molar-refractivity contribution in [2.45, 2.75) is 0 Å². The second kappa shape index (κ2) is 14.4. The molecule has 0 amide bonds. The SMILES string of the molecule is c1ccc(-c2ccc(N(c3ccc(-c4ccc(-c5ccccc5)nc4)cc3)c3ccc(-c4ccc5c(c4)c4ccccc4n5-c4ccccc4)cc3)cc2)cc1. The molecule has 0 atom stereocenters. The van der Waals surface area contributed by atoms with Crippen LogP contribution in [0.3, 0.4) is 0 Å². The highest BCUT2D eigenvalue weighted by Gasteiger charge is 2.16. The third-order valence-corrected chi connectivity index (χ3v) is 10.7. The van der Waals surface area contributed by atoms with Crippen LogP contribution in [0.15, 0.2) is 225 Å². The highest BCUT2D eigenvalue weighted by atomic mass is 15.1. The van der Waals surface area contributed by atoms with E-state index in [2.05, 4.69) is 210 Å². The molecule has 0 N–H and O–H groups in total. The Labute approximate surface area is 327 Å². The summed E-state index contributed by atoms with van der Waals surface area (Å²) >= 11 is 0. The number of benzene rings is 8. The molecule has 56 heavy (non-hydrogen) atoms. The summed E-state index contributed by atoms with van der Waals surface area (Å²) < 4.78 is 2.36. The minimum Gasteiger partial charge on any atom is -0.311 e. The number of anilines is 3. The molecule has 0 fully saturated rings. The maximum Gasteiger partial charge on any atom is 0.0702 e. The zero-order valence-electron chi connectivity index (χ0n) is 30.7. The zero-order chi connectivity index (χ0) is 37.3. The first-order chi connectivity index (χ1) is 27.8. The van der Waals surface area contributed by atoms with Crippen LogP contribution in [0.1, 0.15) is 0 Å². The van der Waals surface area contributed by atoms with Crippen LogP contribution in [-0.4, -0.2) is 9.55 Å². The molecule has 10 rings (SSSR count). The van der Waals surface area contributed by atoms with Crippen molar-refractivity contribution >= 4 is 38.9 Å². The smallest absolute Gasteiger partial charge is 0.0702 e. The van der Waals surface area contributed by atoms with Crippen molar-refractivity contribution in [3.05, 3.63) is 225 Å². The predicted molar refractivity (Wildman–Crippen MR) is 235 cm³/mol. The van der Waals surface area contributed by atoms with E-state index in [1.165, 1.54) is 49.7 Å². The Kier molecular flexibility index (Phi) is 8.51. The molecule has 0 spiro atoms. The maximum atomic E-state index is 4.78. The van der Waals surface area contributed by atoms with E-state index in [9.17, 15) is 0 Å². The zero-order valence-corrected chi connectivity index (χ0v) is 30.7. The second-order valence-corrected chi connectivity index (χ2v) is 14.1. The number of hydrogen-bond donors (Lipinski definition) is 0. The Morgan fingerprint density at radius 3 is 1.36 bits per heavy atom. The summed E-state index contributed by atoms with van der Waals surface area (Å²) in [5.74, 6) is 0. The third-order valence-electron chi connectivity index (χ3n) is 10.7. The summed E-state index contributed by atoms with van der Waals surface area (Å²) in [6.07, 6.45) is 1.97. The maximum absolute atomic E-state index is 4.78. The van der Waals surface area contributed by atoms with Crippen molar-refractivity contribution in [2.75, 3.05) is 4.90 Å². The van der Waals surface area contributed by atoms with Gasteiger partial charge in [-0.05, 0) is 101 Å². The molecule has 0 saturated heterocycles. The van der Waals surface area contributed by atoms with Gasteiger partial charge in [0.2, 0.25) is 0 Å². The summed E-state index contributed by atoms with van der Waals surface area (Å²) in [5.41, 5.74) is 15.9. The van der Waals surface area contributed by atoms with Crippen molar-refractivity contribution in [3.63, 3.8) is 0 Å². The Morgan fingerprint density at radius 2 is 0.768 bits per heavy atom. The summed E-state index contributed by atoms with van der Waals surface area (Å²) in [6, 6.07) is 77.8. The van der Waals surface area contributed by atoms with E-state index in [4.69, 9.17) is 4.98 Å². The van der Waals surface area contributed by atoms with Gasteiger partial charge in [0, 0.05) is 50.8 Å². The Bertz CT molecular complexity index is 2900. The van der Waals surface area contributed by atoms with Gasteiger partial charge >= 0.3 is 0 Å². The van der Waals surface area contributed by atoms with E-state index in [0.717, 1.165) is 39.4 Å². The molecule has 10 aromatic rings. The van der Waals surface area contributed by atoms with Crippen LogP contribution in [0.25, 0.3) is 72.1 Å². The van der Waals surface area contributed by atoms with Gasteiger partial charge in [0.15, 0.2) is 0 Å². The summed E-state index contributed by atoms with van der Waals surface area (Å²) in [6.45, 7) is 0. The Balaban J connectivity index is 1.00. The predicted octanol–water partition coefficient (Wildman–Crippen LogP) is 14.3. The molecule has 0 aliphatic heterocycles. The number of hydrogen-bond acceptors (Lipinski definition) is 2. The average molecular weight is 716 g/mol. The number of pyridine rings is 1. The molecule has 264 valence electrons. The molecule has 0 aliphatic rings. The first-order valence-corrected chi connectivity index (χ1v) is 19.0. The van der Waals surface area contributed by atoms with E-state index in [1.54, 1.807) is 0 Å². The third kappa shape index (κ3) is 6.21. The standard InChI is InChI=1S/C53H37N3/c1-4-12-38(13-5-1)39-20-28-46(29-21-39)55(48-32-24-41(25-33-48)44-26-34-51(54-37-44)42-14-6-2-7-15-42)47-30-22-40(23-31-47)43-27-35-53-50(36-43)49-18-10-11-19-52(49)56(53)45-16-8-3-9-17-45/h1-37H. The minimum absolute atomic E-state index is 0.971. The van der Waals surface area contributed by atoms with Crippen LogP contribution in [0.2, 0.25) is 0 Å². The van der Waals surface area contributed by atoms with Gasteiger partial charge in [-0.15, -0.1) is 0 Å². The summed E-state index contributed by atoms with van der Waals surface area (Å²) in [4.78, 5) is 7.11. The van der Waals surface area contributed by atoms with Crippen LogP contribution in [0.4, 0.5) is 17.1 Å². The molecule has 0 aliphatic carbocycles. The Hall–Kier alpha value is -7.49. The lowest BCUT2D eigenvalue weighted by Gasteiger charge is -2.26. The van der Waals surface area contributed by atoms with Crippen LogP contribution in [-0.2, 0) is 0 Å². The van der Waals surface area contributed by atoms with E-state index in [0.29, 0.717) is 0 Å². The first kappa shape index (κ1) is 33.1. The topological polar surface area (TPSA) is 21.1 Å². The fourth-order valence-corrected chi connectivity index (χ4v) is 7.84. The van der Waals surface area contributed by atoms with Gasteiger partial charge in [0.1, 0.15) is 0 Å². The largest absolute Gasteiger partial charge is 0.311 e. The molecule has 0 saturated carbocycles. The van der Waals surface area contributed by atoms with Gasteiger partial charge in [-0.2, -0.15) is 0 Å². The number of nitrogens with zero attached hydrogens (tertiary/aromatic N) is 3. The average Bonchev–Trinajstić information content (AvgIpc) is 3.62. The highest BCUT2D eigenvalue weighted by molar-refractivity contribution is 6.10. The van der Waals surface area contributed by atoms with Crippen molar-refractivity contribution in [1.82, 2.24) is 9.55 Å². The van der Waals surface area contributed by atoms with Crippen molar-refractivity contribution < 1.29 is 0 Å². The molecule has 0 bridgehead atoms. The van der Waals surface area contributed by atoms with Crippen LogP contribution >= 0.6 is 0 Å². The summed E-state index contributed by atoms with van der Waals surface area (Å²) in [7, 11) is 0.